The molecule has 1 aromatic carbocycles. The molecule has 0 atom stereocenters. The number of hydrogen-bond acceptors (Lipinski definition) is 3. The Morgan fingerprint density at radius 1 is 1.19 bits per heavy atom. The first kappa shape index (κ1) is 10.9. The molecular weight excluding hydrogens is 251 g/mol. The third kappa shape index (κ3) is 1.87. The van der Waals surface area contributed by atoms with E-state index in [-0.39, 0.29) is 10.6 Å². The largest absolute Gasteiger partial charge is 0.366 e. The second kappa shape index (κ2) is 4.11. The van der Waals surface area contributed by atoms with Crippen LogP contribution in [0.5, 0.6) is 0 Å². The van der Waals surface area contributed by atoms with Crippen LogP contribution in [0.4, 0.5) is 0 Å². The molecule has 16 heavy (non-hydrogen) atoms. The van der Waals surface area contributed by atoms with Crippen molar-refractivity contribution in [3.05, 3.63) is 40.4 Å². The Kier molecular flexibility index (Phi) is 2.80. The Balaban J connectivity index is 2.63. The van der Waals surface area contributed by atoms with E-state index in [1.165, 1.54) is 24.8 Å². The normalized spacial score (nSPS) is 10.4. The van der Waals surface area contributed by atoms with Gasteiger partial charge in [-0.1, -0.05) is 23.2 Å². The van der Waals surface area contributed by atoms with Gasteiger partial charge in [0.2, 0.25) is 5.91 Å². The summed E-state index contributed by atoms with van der Waals surface area (Å²) in [6, 6.07) is 2.95. The molecule has 0 unspecified atom stereocenters. The lowest BCUT2D eigenvalue weighted by atomic mass is 10.2. The first-order valence-corrected chi connectivity index (χ1v) is 4.99. The molecule has 82 valence electrons. The molecular formula is C9H6Cl2N4O. The van der Waals surface area contributed by atoms with E-state index in [1.807, 2.05) is 0 Å². The fourth-order valence-electron chi connectivity index (χ4n) is 1.25. The third-order valence-corrected chi connectivity index (χ3v) is 2.61. The van der Waals surface area contributed by atoms with Gasteiger partial charge in [0.05, 0.1) is 21.3 Å². The molecule has 0 aliphatic rings. The molecule has 1 amide bonds. The highest BCUT2D eigenvalue weighted by atomic mass is 35.5. The van der Waals surface area contributed by atoms with Gasteiger partial charge in [0.1, 0.15) is 12.7 Å². The van der Waals surface area contributed by atoms with Gasteiger partial charge in [-0.3, -0.25) is 9.36 Å². The topological polar surface area (TPSA) is 73.8 Å². The fraction of sp³-hybridized carbons (Fsp3) is 0. The maximum Gasteiger partial charge on any atom is 0.250 e. The summed E-state index contributed by atoms with van der Waals surface area (Å²) in [7, 11) is 0. The van der Waals surface area contributed by atoms with Crippen molar-refractivity contribution >= 4 is 29.1 Å². The zero-order valence-corrected chi connectivity index (χ0v) is 9.40. The number of nitrogens with two attached hydrogens (primary N) is 1. The van der Waals surface area contributed by atoms with Crippen molar-refractivity contribution in [3.63, 3.8) is 0 Å². The van der Waals surface area contributed by atoms with Crippen LogP contribution in [0.25, 0.3) is 5.69 Å². The summed E-state index contributed by atoms with van der Waals surface area (Å²) in [5, 5.41) is 7.88. The molecule has 1 heterocycles. The van der Waals surface area contributed by atoms with Crippen molar-refractivity contribution < 1.29 is 4.79 Å². The van der Waals surface area contributed by atoms with Crippen molar-refractivity contribution in [2.45, 2.75) is 0 Å². The maximum atomic E-state index is 11.1. The molecule has 0 bridgehead atoms. The molecule has 0 aliphatic heterocycles. The average molecular weight is 257 g/mol. The smallest absolute Gasteiger partial charge is 0.250 e. The molecule has 5 nitrogen and oxygen atoms in total. The Hall–Kier alpha value is -1.59. The molecule has 2 N–H and O–H groups in total. The van der Waals surface area contributed by atoms with Gasteiger partial charge in [-0.15, -0.1) is 10.2 Å². The Morgan fingerprint density at radius 3 is 2.38 bits per heavy atom. The molecule has 0 fully saturated rings. The van der Waals surface area contributed by atoms with Crippen LogP contribution in [0.15, 0.2) is 24.8 Å². The van der Waals surface area contributed by atoms with Crippen molar-refractivity contribution in [2.75, 3.05) is 0 Å². The molecule has 0 aliphatic carbocycles. The number of amides is 1. The standard InChI is InChI=1S/C9H6Cl2N4O/c10-6-2-7(11)8(1-5(6)9(12)16)15-3-13-14-4-15/h1-4H,(H2,12,16). The first-order valence-electron chi connectivity index (χ1n) is 4.23. The van der Waals surface area contributed by atoms with Crippen molar-refractivity contribution in [2.24, 2.45) is 5.73 Å². The molecule has 1 aromatic heterocycles. The van der Waals surface area contributed by atoms with Crippen molar-refractivity contribution in [3.8, 4) is 5.69 Å². The van der Waals surface area contributed by atoms with Gasteiger partial charge >= 0.3 is 0 Å². The third-order valence-electron chi connectivity index (χ3n) is 2.00. The van der Waals surface area contributed by atoms with Gasteiger partial charge in [0, 0.05) is 0 Å². The SMILES string of the molecule is NC(=O)c1cc(-n2cnnc2)c(Cl)cc1Cl. The van der Waals surface area contributed by atoms with E-state index in [4.69, 9.17) is 28.9 Å². The number of hydrogen-bond donors (Lipinski definition) is 1. The summed E-state index contributed by atoms with van der Waals surface area (Å²) >= 11 is 11.8. The number of aromatic nitrogens is 3. The van der Waals surface area contributed by atoms with Crippen LogP contribution >= 0.6 is 23.2 Å². The Morgan fingerprint density at radius 2 is 1.81 bits per heavy atom. The molecule has 2 rings (SSSR count). The van der Waals surface area contributed by atoms with Gasteiger partial charge in [-0.05, 0) is 12.1 Å². The molecule has 0 radical (unpaired) electrons. The quantitative estimate of drug-likeness (QED) is 0.889. The first-order chi connectivity index (χ1) is 7.59. The lowest BCUT2D eigenvalue weighted by Gasteiger charge is -2.07. The Bertz CT molecular complexity index is 539. The van der Waals surface area contributed by atoms with E-state index in [0.717, 1.165) is 0 Å². The van der Waals surface area contributed by atoms with Gasteiger partial charge in [-0.25, -0.2) is 0 Å². The van der Waals surface area contributed by atoms with E-state index in [2.05, 4.69) is 10.2 Å². The number of halogens is 2. The van der Waals surface area contributed by atoms with Gasteiger partial charge in [0.15, 0.2) is 0 Å². The number of carbonyl (C=O) groups is 1. The van der Waals surface area contributed by atoms with E-state index in [1.54, 1.807) is 4.57 Å². The summed E-state index contributed by atoms with van der Waals surface area (Å²) < 4.78 is 1.56. The van der Waals surface area contributed by atoms with E-state index in [9.17, 15) is 4.79 Å². The monoisotopic (exact) mass is 256 g/mol. The molecule has 0 spiro atoms. The predicted octanol–water partition coefficient (Wildman–Crippen LogP) is 1.67. The minimum atomic E-state index is -0.615. The van der Waals surface area contributed by atoms with E-state index >= 15 is 0 Å². The Labute approximate surface area is 101 Å². The zero-order valence-electron chi connectivity index (χ0n) is 7.89. The van der Waals surface area contributed by atoms with Gasteiger partial charge < -0.3 is 5.73 Å². The van der Waals surface area contributed by atoms with Crippen molar-refractivity contribution in [1.29, 1.82) is 0 Å². The summed E-state index contributed by atoms with van der Waals surface area (Å²) in [5.41, 5.74) is 5.93. The lowest BCUT2D eigenvalue weighted by Crippen LogP contribution is -2.12. The highest BCUT2D eigenvalue weighted by molar-refractivity contribution is 6.37. The molecule has 0 saturated carbocycles. The maximum absolute atomic E-state index is 11.1. The summed E-state index contributed by atoms with van der Waals surface area (Å²) in [5.74, 6) is -0.615. The van der Waals surface area contributed by atoms with Crippen LogP contribution in [-0.2, 0) is 0 Å². The highest BCUT2D eigenvalue weighted by Crippen LogP contribution is 2.27. The predicted molar refractivity (Wildman–Crippen MR) is 59.9 cm³/mol. The summed E-state index contributed by atoms with van der Waals surface area (Å²) in [6.07, 6.45) is 2.92. The van der Waals surface area contributed by atoms with E-state index < -0.39 is 5.91 Å². The average Bonchev–Trinajstić information content (AvgIpc) is 2.70. The van der Waals surface area contributed by atoms with Crippen LogP contribution in [0.1, 0.15) is 10.4 Å². The van der Waals surface area contributed by atoms with Crippen LogP contribution in [0, 0.1) is 0 Å². The minimum Gasteiger partial charge on any atom is -0.366 e. The fourth-order valence-corrected chi connectivity index (χ4v) is 1.82. The second-order valence-corrected chi connectivity index (χ2v) is 3.83. The van der Waals surface area contributed by atoms with Gasteiger partial charge in [-0.2, -0.15) is 0 Å². The minimum absolute atomic E-state index is 0.203. The lowest BCUT2D eigenvalue weighted by molar-refractivity contribution is 0.100. The summed E-state index contributed by atoms with van der Waals surface area (Å²) in [6.45, 7) is 0. The molecule has 0 saturated heterocycles. The molecule has 7 heteroatoms. The van der Waals surface area contributed by atoms with Crippen LogP contribution in [0.3, 0.4) is 0 Å². The second-order valence-electron chi connectivity index (χ2n) is 3.02. The number of carbonyl (C=O) groups excluding carboxylic acids is 1. The van der Waals surface area contributed by atoms with E-state index in [0.29, 0.717) is 10.7 Å². The number of rotatable bonds is 2. The number of primary amides is 1. The number of benzene rings is 1. The van der Waals surface area contributed by atoms with Crippen LogP contribution in [-0.4, -0.2) is 20.7 Å². The highest BCUT2D eigenvalue weighted by Gasteiger charge is 2.12. The zero-order chi connectivity index (χ0) is 11.7. The molecule has 2 aromatic rings. The van der Waals surface area contributed by atoms with Crippen LogP contribution < -0.4 is 5.73 Å². The summed E-state index contributed by atoms with van der Waals surface area (Å²) in [4.78, 5) is 11.1. The van der Waals surface area contributed by atoms with Crippen molar-refractivity contribution in [1.82, 2.24) is 14.8 Å². The van der Waals surface area contributed by atoms with Gasteiger partial charge in [0.25, 0.3) is 0 Å². The van der Waals surface area contributed by atoms with Crippen LogP contribution in [0.2, 0.25) is 10.0 Å². The number of nitrogens with zero attached hydrogens (tertiary/aromatic N) is 3.